The van der Waals surface area contributed by atoms with Crippen molar-refractivity contribution in [1.82, 2.24) is 14.5 Å². The molecule has 2 aliphatic heterocycles. The summed E-state index contributed by atoms with van der Waals surface area (Å²) in [5.41, 5.74) is 2.54. The number of alkyl halides is 2. The van der Waals surface area contributed by atoms with Gasteiger partial charge in [-0.1, -0.05) is 6.07 Å². The second kappa shape index (κ2) is 8.48. The smallest absolute Gasteiger partial charge is 0.395 e. The number of aryl methyl sites for hydroxylation is 1. The Morgan fingerprint density at radius 1 is 1.20 bits per heavy atom. The van der Waals surface area contributed by atoms with Crippen LogP contribution in [0.3, 0.4) is 0 Å². The summed E-state index contributed by atoms with van der Waals surface area (Å²) in [6, 6.07) is 11.1. The zero-order valence-electron chi connectivity index (χ0n) is 19.1. The molecule has 11 heteroatoms. The summed E-state index contributed by atoms with van der Waals surface area (Å²) in [7, 11) is 1.65. The van der Waals surface area contributed by atoms with E-state index in [1.807, 2.05) is 17.9 Å². The number of pyridine rings is 2. The van der Waals surface area contributed by atoms with E-state index in [4.69, 9.17) is 0 Å². The molecule has 1 aromatic carbocycles. The molecular formula is C24H23F2N5O4. The van der Waals surface area contributed by atoms with E-state index in [-0.39, 0.29) is 41.4 Å². The second-order valence-corrected chi connectivity index (χ2v) is 8.82. The van der Waals surface area contributed by atoms with Crippen molar-refractivity contribution >= 4 is 16.7 Å². The third-order valence-electron chi connectivity index (χ3n) is 6.51. The van der Waals surface area contributed by atoms with Crippen molar-refractivity contribution in [2.75, 3.05) is 24.6 Å². The first-order valence-corrected chi connectivity index (χ1v) is 11.1. The normalized spacial score (nSPS) is 21.3. The summed E-state index contributed by atoms with van der Waals surface area (Å²) in [6.07, 6.45) is -3.68. The topological polar surface area (TPSA) is 104 Å². The van der Waals surface area contributed by atoms with E-state index in [2.05, 4.69) is 19.4 Å². The summed E-state index contributed by atoms with van der Waals surface area (Å²) in [5, 5.41) is 19.5. The first-order valence-electron chi connectivity index (χ1n) is 11.1. The van der Waals surface area contributed by atoms with Crippen molar-refractivity contribution in [3.63, 3.8) is 0 Å². The molecule has 2 atom stereocenters. The van der Waals surface area contributed by atoms with E-state index in [0.717, 1.165) is 5.56 Å². The number of anilines is 1. The van der Waals surface area contributed by atoms with Crippen molar-refractivity contribution in [3.05, 3.63) is 58.0 Å². The van der Waals surface area contributed by atoms with Crippen LogP contribution in [0.2, 0.25) is 0 Å². The number of hydrogen-bond acceptors (Lipinski definition) is 8. The molecule has 35 heavy (non-hydrogen) atoms. The van der Waals surface area contributed by atoms with E-state index < -0.39 is 6.29 Å². The van der Waals surface area contributed by atoms with E-state index in [1.165, 1.54) is 22.8 Å². The number of benzene rings is 1. The Kier molecular flexibility index (Phi) is 5.57. The van der Waals surface area contributed by atoms with Crippen LogP contribution in [0.25, 0.3) is 11.0 Å². The molecule has 1 N–H and O–H groups in total. The molecule has 3 aromatic rings. The lowest BCUT2D eigenvalue weighted by Crippen LogP contribution is -2.58. The third-order valence-corrected chi connectivity index (χ3v) is 6.51. The quantitative estimate of drug-likeness (QED) is 0.603. The second-order valence-electron chi connectivity index (χ2n) is 8.82. The van der Waals surface area contributed by atoms with Crippen LogP contribution in [-0.4, -0.2) is 57.6 Å². The summed E-state index contributed by atoms with van der Waals surface area (Å²) < 4.78 is 37.3. The fraction of sp³-hybridized carbons (Fsp3) is 0.375. The molecule has 182 valence electrons. The van der Waals surface area contributed by atoms with Crippen LogP contribution in [0.1, 0.15) is 18.2 Å². The van der Waals surface area contributed by atoms with Gasteiger partial charge in [0.1, 0.15) is 17.3 Å². The minimum atomic E-state index is -3.68. The van der Waals surface area contributed by atoms with Crippen LogP contribution >= 0.6 is 0 Å². The summed E-state index contributed by atoms with van der Waals surface area (Å²) in [4.78, 5) is 21.2. The maximum absolute atomic E-state index is 13.4. The van der Waals surface area contributed by atoms with Gasteiger partial charge in [0.05, 0.1) is 23.9 Å². The fourth-order valence-electron chi connectivity index (χ4n) is 4.73. The van der Waals surface area contributed by atoms with Gasteiger partial charge in [0.2, 0.25) is 0 Å². The first kappa shape index (κ1) is 23.0. The monoisotopic (exact) mass is 483 g/mol. The van der Waals surface area contributed by atoms with Gasteiger partial charge in [-0.3, -0.25) is 9.69 Å². The van der Waals surface area contributed by atoms with Crippen molar-refractivity contribution in [2.24, 2.45) is 7.05 Å². The summed E-state index contributed by atoms with van der Waals surface area (Å²) in [6.45, 7) is 3.19. The predicted molar refractivity (Wildman–Crippen MR) is 122 cm³/mol. The minimum absolute atomic E-state index is 0.0163. The van der Waals surface area contributed by atoms with Gasteiger partial charge in [0.15, 0.2) is 11.5 Å². The van der Waals surface area contributed by atoms with E-state index >= 15 is 0 Å². The number of aliphatic hydroxyl groups is 1. The van der Waals surface area contributed by atoms with Crippen LogP contribution in [-0.2, 0) is 13.6 Å². The van der Waals surface area contributed by atoms with E-state index in [0.29, 0.717) is 36.4 Å². The van der Waals surface area contributed by atoms with Crippen molar-refractivity contribution < 1.29 is 23.4 Å². The van der Waals surface area contributed by atoms with Gasteiger partial charge in [-0.05, 0) is 36.8 Å². The molecule has 0 unspecified atom stereocenters. The van der Waals surface area contributed by atoms with Gasteiger partial charge in [0.25, 0.3) is 5.56 Å². The highest BCUT2D eigenvalue weighted by atomic mass is 19.3. The summed E-state index contributed by atoms with van der Waals surface area (Å²) >= 11 is 0. The average molecular weight is 483 g/mol. The highest BCUT2D eigenvalue weighted by Gasteiger charge is 2.43. The average Bonchev–Trinajstić information content (AvgIpc) is 3.14. The van der Waals surface area contributed by atoms with Gasteiger partial charge in [-0.2, -0.15) is 5.26 Å². The Balaban J connectivity index is 1.43. The maximum atomic E-state index is 13.4. The number of rotatable bonds is 4. The van der Waals surface area contributed by atoms with Gasteiger partial charge >= 0.3 is 6.29 Å². The number of halogens is 2. The van der Waals surface area contributed by atoms with Crippen LogP contribution in [0.5, 0.6) is 11.5 Å². The fourth-order valence-corrected chi connectivity index (χ4v) is 4.73. The number of piperazine rings is 1. The van der Waals surface area contributed by atoms with Crippen LogP contribution in [0.4, 0.5) is 14.5 Å². The predicted octanol–water partition coefficient (Wildman–Crippen LogP) is 2.20. The Morgan fingerprint density at radius 3 is 2.71 bits per heavy atom. The summed E-state index contributed by atoms with van der Waals surface area (Å²) in [5.74, 6) is -0.0388. The molecule has 1 fully saturated rings. The number of ether oxygens (including phenoxy) is 2. The zero-order chi connectivity index (χ0) is 24.9. The van der Waals surface area contributed by atoms with Crippen LogP contribution in [0, 0.1) is 11.3 Å². The van der Waals surface area contributed by atoms with Gasteiger partial charge in [0, 0.05) is 38.8 Å². The SMILES string of the molecule is C[C@H]1CN(Cc2ccc3c(c2)OC(F)(F)O3)[C@H](CO)CN1c1cc(=O)n(C)c2ccc(C#N)nc12. The van der Waals surface area contributed by atoms with E-state index in [9.17, 15) is 23.9 Å². The number of hydrogen-bond donors (Lipinski definition) is 1. The zero-order valence-corrected chi connectivity index (χ0v) is 19.1. The lowest BCUT2D eigenvalue weighted by atomic mass is 10.0. The molecule has 1 saturated heterocycles. The molecule has 0 spiro atoms. The molecule has 0 saturated carbocycles. The maximum Gasteiger partial charge on any atom is 0.586 e. The number of fused-ring (bicyclic) bond motifs is 2. The number of aromatic nitrogens is 2. The minimum Gasteiger partial charge on any atom is -0.395 e. The molecule has 0 bridgehead atoms. The Hall–Kier alpha value is -3.75. The molecule has 2 aliphatic rings. The standard InChI is InChI=1S/C24H23F2N5O4/c1-14-10-30(11-15-3-6-20-21(7-15)35-24(25,26)34-20)17(13-32)12-31(14)19-8-22(33)29(2)18-5-4-16(9-27)28-23(18)19/h3-8,14,17,32H,10-13H2,1-2H3/t14-,17-/m0/s1. The Morgan fingerprint density at radius 2 is 1.97 bits per heavy atom. The molecule has 0 radical (unpaired) electrons. The molecule has 4 heterocycles. The van der Waals surface area contributed by atoms with Crippen molar-refractivity contribution in [3.8, 4) is 17.6 Å². The van der Waals surface area contributed by atoms with Crippen LogP contribution in [0.15, 0.2) is 41.2 Å². The Labute approximate surface area is 199 Å². The molecular weight excluding hydrogens is 460 g/mol. The van der Waals surface area contributed by atoms with Crippen LogP contribution < -0.4 is 19.9 Å². The van der Waals surface area contributed by atoms with Gasteiger partial charge in [-0.25, -0.2) is 4.98 Å². The number of nitriles is 1. The highest BCUT2D eigenvalue weighted by molar-refractivity contribution is 5.89. The molecule has 5 rings (SSSR count). The number of aliphatic hydroxyl groups excluding tert-OH is 1. The van der Waals surface area contributed by atoms with Crippen molar-refractivity contribution in [2.45, 2.75) is 31.8 Å². The van der Waals surface area contributed by atoms with Gasteiger partial charge < -0.3 is 24.0 Å². The number of nitrogens with zero attached hydrogens (tertiary/aromatic N) is 5. The lowest BCUT2D eigenvalue weighted by molar-refractivity contribution is -0.286. The molecule has 2 aromatic heterocycles. The first-order chi connectivity index (χ1) is 16.7. The highest BCUT2D eigenvalue weighted by Crippen LogP contribution is 2.41. The molecule has 0 aliphatic carbocycles. The van der Waals surface area contributed by atoms with Crippen molar-refractivity contribution in [1.29, 1.82) is 5.26 Å². The van der Waals surface area contributed by atoms with E-state index in [1.54, 1.807) is 25.2 Å². The molecule has 0 amide bonds. The Bertz CT molecular complexity index is 1400. The largest absolute Gasteiger partial charge is 0.586 e. The van der Waals surface area contributed by atoms with Gasteiger partial charge in [-0.15, -0.1) is 8.78 Å². The third kappa shape index (κ3) is 4.15. The lowest BCUT2D eigenvalue weighted by Gasteiger charge is -2.46. The molecule has 9 nitrogen and oxygen atoms in total.